The molecule has 0 spiro atoms. The lowest BCUT2D eigenvalue weighted by Crippen LogP contribution is -2.21. The summed E-state index contributed by atoms with van der Waals surface area (Å²) < 4.78 is 0. The van der Waals surface area contributed by atoms with E-state index in [-0.39, 0.29) is 12.5 Å². The second-order valence-electron chi connectivity index (χ2n) is 4.70. The van der Waals surface area contributed by atoms with Crippen molar-refractivity contribution in [2.24, 2.45) is 5.73 Å². The molecule has 0 aliphatic rings. The first-order valence-corrected chi connectivity index (χ1v) is 8.52. The van der Waals surface area contributed by atoms with Gasteiger partial charge in [0.05, 0.1) is 6.10 Å². The van der Waals surface area contributed by atoms with E-state index in [1.54, 1.807) is 30.0 Å². The van der Waals surface area contributed by atoms with E-state index >= 15 is 0 Å². The summed E-state index contributed by atoms with van der Waals surface area (Å²) in [6, 6.07) is 13.1. The summed E-state index contributed by atoms with van der Waals surface area (Å²) in [7, 11) is 0. The minimum Gasteiger partial charge on any atom is -0.388 e. The number of hydrogen-bond acceptors (Lipinski definition) is 3. The molecule has 0 aliphatic carbocycles. The highest BCUT2D eigenvalue weighted by atomic mass is 35.5. The molecular weight excluding hydrogens is 325 g/mol. The second kappa shape index (κ2) is 7.52. The van der Waals surface area contributed by atoms with Crippen LogP contribution in [0.2, 0.25) is 10.0 Å². The summed E-state index contributed by atoms with van der Waals surface area (Å²) in [5, 5.41) is 11.7. The van der Waals surface area contributed by atoms with Crippen LogP contribution in [0.1, 0.15) is 23.1 Å². The fraction of sp³-hybridized carbons (Fsp3) is 0.250. The van der Waals surface area contributed by atoms with Gasteiger partial charge in [-0.25, -0.2) is 0 Å². The van der Waals surface area contributed by atoms with Crippen molar-refractivity contribution in [2.75, 3.05) is 12.8 Å². The summed E-state index contributed by atoms with van der Waals surface area (Å²) in [5.74, 6) is -0.341. The normalized spacial score (nSPS) is 14.0. The van der Waals surface area contributed by atoms with Crippen LogP contribution in [0.25, 0.3) is 0 Å². The molecule has 0 fully saturated rings. The van der Waals surface area contributed by atoms with E-state index in [2.05, 4.69) is 0 Å². The molecule has 2 atom stereocenters. The Labute approximate surface area is 139 Å². The van der Waals surface area contributed by atoms with Crippen molar-refractivity contribution in [3.8, 4) is 0 Å². The minimum absolute atomic E-state index is 0.259. The molecule has 5 heteroatoms. The van der Waals surface area contributed by atoms with Crippen LogP contribution in [0.5, 0.6) is 0 Å². The van der Waals surface area contributed by atoms with Crippen LogP contribution < -0.4 is 5.73 Å². The first kappa shape index (κ1) is 16.7. The van der Waals surface area contributed by atoms with E-state index in [1.807, 2.05) is 30.5 Å². The van der Waals surface area contributed by atoms with E-state index in [9.17, 15) is 5.11 Å². The molecule has 2 rings (SSSR count). The average Bonchev–Trinajstić information content (AvgIpc) is 2.50. The average molecular weight is 342 g/mol. The maximum atomic E-state index is 10.6. The highest BCUT2D eigenvalue weighted by Crippen LogP contribution is 2.38. The van der Waals surface area contributed by atoms with Gasteiger partial charge < -0.3 is 10.8 Å². The van der Waals surface area contributed by atoms with Gasteiger partial charge in [0.2, 0.25) is 0 Å². The minimum atomic E-state index is -0.747. The van der Waals surface area contributed by atoms with Crippen molar-refractivity contribution in [1.29, 1.82) is 0 Å². The van der Waals surface area contributed by atoms with E-state index in [1.165, 1.54) is 0 Å². The van der Waals surface area contributed by atoms with Gasteiger partial charge in [-0.15, -0.1) is 11.8 Å². The van der Waals surface area contributed by atoms with Crippen LogP contribution in [0, 0.1) is 0 Å². The van der Waals surface area contributed by atoms with Gasteiger partial charge in [-0.1, -0.05) is 41.4 Å². The Hall–Kier alpha value is -0.710. The van der Waals surface area contributed by atoms with E-state index in [4.69, 9.17) is 28.9 Å². The Morgan fingerprint density at radius 3 is 2.14 bits per heavy atom. The fourth-order valence-corrected chi connectivity index (χ4v) is 3.39. The Morgan fingerprint density at radius 2 is 1.67 bits per heavy atom. The van der Waals surface area contributed by atoms with Crippen molar-refractivity contribution < 1.29 is 5.11 Å². The van der Waals surface area contributed by atoms with E-state index < -0.39 is 6.10 Å². The smallest absolute Gasteiger partial charge is 0.0871 e. The zero-order valence-electron chi connectivity index (χ0n) is 11.6. The van der Waals surface area contributed by atoms with E-state index in [0.717, 1.165) is 10.5 Å². The molecule has 2 aromatic rings. The van der Waals surface area contributed by atoms with Crippen LogP contribution in [0.3, 0.4) is 0 Å². The quantitative estimate of drug-likeness (QED) is 0.787. The molecule has 0 saturated heterocycles. The number of benzene rings is 2. The van der Waals surface area contributed by atoms with Crippen molar-refractivity contribution in [2.45, 2.75) is 16.9 Å². The van der Waals surface area contributed by atoms with Gasteiger partial charge in [0.25, 0.3) is 0 Å². The molecule has 0 heterocycles. The number of nitrogens with two attached hydrogens (primary N) is 1. The standard InChI is InChI=1S/C16H17Cl2NOS/c1-21-11-7-5-10(6-8-11)16(20)12(9-19)15-13(17)3-2-4-14(15)18/h2-8,12,16,20H,9,19H2,1H3. The van der Waals surface area contributed by atoms with Crippen molar-refractivity contribution in [1.82, 2.24) is 0 Å². The largest absolute Gasteiger partial charge is 0.388 e. The van der Waals surface area contributed by atoms with Crippen LogP contribution in [0.15, 0.2) is 47.4 Å². The highest BCUT2D eigenvalue weighted by Gasteiger charge is 2.25. The van der Waals surface area contributed by atoms with Crippen LogP contribution in [0.4, 0.5) is 0 Å². The molecule has 0 amide bonds. The first-order chi connectivity index (χ1) is 10.1. The van der Waals surface area contributed by atoms with Crippen LogP contribution in [-0.4, -0.2) is 17.9 Å². The molecule has 0 aliphatic heterocycles. The lowest BCUT2D eigenvalue weighted by Gasteiger charge is -2.24. The van der Waals surface area contributed by atoms with Gasteiger partial charge in [0.15, 0.2) is 0 Å². The number of halogens is 2. The maximum Gasteiger partial charge on any atom is 0.0871 e. The Bertz CT molecular complexity index is 583. The molecule has 0 aromatic heterocycles. The van der Waals surface area contributed by atoms with Crippen molar-refractivity contribution in [3.63, 3.8) is 0 Å². The Kier molecular flexibility index (Phi) is 5.97. The number of aliphatic hydroxyl groups is 1. The molecule has 0 saturated carbocycles. The Morgan fingerprint density at radius 1 is 1.10 bits per heavy atom. The topological polar surface area (TPSA) is 46.2 Å². The SMILES string of the molecule is CSc1ccc(C(O)C(CN)c2c(Cl)cccc2Cl)cc1. The summed E-state index contributed by atoms with van der Waals surface area (Å²) in [6.45, 7) is 0.259. The summed E-state index contributed by atoms with van der Waals surface area (Å²) in [6.07, 6.45) is 1.26. The molecule has 2 aromatic carbocycles. The molecular formula is C16H17Cl2NOS. The fourth-order valence-electron chi connectivity index (χ4n) is 2.30. The predicted molar refractivity (Wildman–Crippen MR) is 91.4 cm³/mol. The molecule has 2 nitrogen and oxygen atoms in total. The third-order valence-electron chi connectivity index (χ3n) is 3.46. The summed E-state index contributed by atoms with van der Waals surface area (Å²) >= 11 is 14.1. The van der Waals surface area contributed by atoms with Gasteiger partial charge in [-0.05, 0) is 41.6 Å². The van der Waals surface area contributed by atoms with Gasteiger partial charge in [0, 0.05) is 27.4 Å². The molecule has 2 unspecified atom stereocenters. The highest BCUT2D eigenvalue weighted by molar-refractivity contribution is 7.98. The van der Waals surface area contributed by atoms with E-state index in [0.29, 0.717) is 15.6 Å². The van der Waals surface area contributed by atoms with Crippen LogP contribution in [-0.2, 0) is 0 Å². The number of thioether (sulfide) groups is 1. The number of aliphatic hydroxyl groups excluding tert-OH is 1. The first-order valence-electron chi connectivity index (χ1n) is 6.54. The van der Waals surface area contributed by atoms with Crippen molar-refractivity contribution >= 4 is 35.0 Å². The van der Waals surface area contributed by atoms with Gasteiger partial charge >= 0.3 is 0 Å². The summed E-state index contributed by atoms with van der Waals surface area (Å²) in [5.41, 5.74) is 7.36. The third kappa shape index (κ3) is 3.74. The van der Waals surface area contributed by atoms with Gasteiger partial charge in [-0.2, -0.15) is 0 Å². The van der Waals surface area contributed by atoms with Gasteiger partial charge in [-0.3, -0.25) is 0 Å². The lowest BCUT2D eigenvalue weighted by atomic mass is 9.89. The van der Waals surface area contributed by atoms with Crippen LogP contribution >= 0.6 is 35.0 Å². The third-order valence-corrected chi connectivity index (χ3v) is 4.87. The predicted octanol–water partition coefficient (Wildman–Crippen LogP) is 4.49. The molecule has 0 bridgehead atoms. The monoisotopic (exact) mass is 341 g/mol. The zero-order valence-corrected chi connectivity index (χ0v) is 13.9. The number of rotatable bonds is 5. The number of hydrogen-bond donors (Lipinski definition) is 2. The molecule has 112 valence electrons. The summed E-state index contributed by atoms with van der Waals surface area (Å²) in [4.78, 5) is 1.14. The maximum absolute atomic E-state index is 10.6. The second-order valence-corrected chi connectivity index (χ2v) is 6.39. The molecule has 0 radical (unpaired) electrons. The molecule has 21 heavy (non-hydrogen) atoms. The lowest BCUT2D eigenvalue weighted by molar-refractivity contribution is 0.147. The van der Waals surface area contributed by atoms with Crippen molar-refractivity contribution in [3.05, 3.63) is 63.6 Å². The van der Waals surface area contributed by atoms with Gasteiger partial charge in [0.1, 0.15) is 0 Å². The Balaban J connectivity index is 2.35. The molecule has 3 N–H and O–H groups in total. The zero-order chi connectivity index (χ0) is 15.4.